The van der Waals surface area contributed by atoms with E-state index in [1.807, 2.05) is 6.92 Å². The molecule has 0 spiro atoms. The minimum atomic E-state index is -4.54. The number of nitrogens with two attached hydrogens (primary N) is 1. The number of carbonyl (C=O) groups excluding carboxylic acids is 1. The maximum absolute atomic E-state index is 13.0. The summed E-state index contributed by atoms with van der Waals surface area (Å²) in [4.78, 5) is 17.2. The largest absolute Gasteiger partial charge is 0.416 e. The molecule has 1 aromatic heterocycles. The number of nitrogens with one attached hydrogen (secondary N) is 2. The van der Waals surface area contributed by atoms with Gasteiger partial charge in [-0.2, -0.15) is 13.2 Å². The first-order valence-electron chi connectivity index (χ1n) is 10.4. The van der Waals surface area contributed by atoms with Crippen molar-refractivity contribution in [2.45, 2.75) is 19.4 Å². The summed E-state index contributed by atoms with van der Waals surface area (Å²) in [6.45, 7) is 5.85. The zero-order chi connectivity index (χ0) is 25.8. The summed E-state index contributed by atoms with van der Waals surface area (Å²) in [6.07, 6.45) is -5.23. The number of pyridine rings is 1. The fraction of sp³-hybridized carbons (Fsp3) is 0.200. The minimum absolute atomic E-state index is 0.108. The number of hydrogen-bond acceptors (Lipinski definition) is 6. The second-order valence-electron chi connectivity index (χ2n) is 7.63. The van der Waals surface area contributed by atoms with Gasteiger partial charge in [0.15, 0.2) is 6.29 Å². The first-order chi connectivity index (χ1) is 16.6. The van der Waals surface area contributed by atoms with Gasteiger partial charge in [0.05, 0.1) is 11.3 Å². The smallest absolute Gasteiger partial charge is 0.352 e. The van der Waals surface area contributed by atoms with Crippen LogP contribution in [-0.2, 0) is 15.7 Å². The highest BCUT2D eigenvalue weighted by molar-refractivity contribution is 6.04. The van der Waals surface area contributed by atoms with E-state index in [1.165, 1.54) is 26.4 Å². The number of hydrogen-bond donors (Lipinski definition) is 3. The fourth-order valence-electron chi connectivity index (χ4n) is 3.50. The van der Waals surface area contributed by atoms with E-state index in [-0.39, 0.29) is 5.56 Å². The molecule has 3 aromatic rings. The summed E-state index contributed by atoms with van der Waals surface area (Å²) >= 11 is 0. The van der Waals surface area contributed by atoms with Gasteiger partial charge in [-0.25, -0.2) is 10.8 Å². The number of hydrazine groups is 1. The number of anilines is 2. The molecular weight excluding hydrogens is 461 g/mol. The van der Waals surface area contributed by atoms with Crippen molar-refractivity contribution in [2.75, 3.05) is 25.0 Å². The van der Waals surface area contributed by atoms with Crippen LogP contribution in [0.5, 0.6) is 0 Å². The predicted octanol–water partition coefficient (Wildman–Crippen LogP) is 5.25. The number of alkyl halides is 3. The molecule has 0 aliphatic rings. The van der Waals surface area contributed by atoms with Crippen LogP contribution in [0.1, 0.15) is 27.0 Å². The second-order valence-corrected chi connectivity index (χ2v) is 7.63. The number of aromatic nitrogens is 1. The maximum Gasteiger partial charge on any atom is 0.416 e. The summed E-state index contributed by atoms with van der Waals surface area (Å²) in [5.74, 6) is 5.36. The van der Waals surface area contributed by atoms with Crippen molar-refractivity contribution in [3.05, 3.63) is 83.4 Å². The molecule has 0 fully saturated rings. The summed E-state index contributed by atoms with van der Waals surface area (Å²) < 4.78 is 49.5. The van der Waals surface area contributed by atoms with E-state index in [1.54, 1.807) is 30.3 Å². The number of nitrogen functional groups attached to an aromatic ring is 1. The Labute approximate surface area is 200 Å². The standard InChI is InChI=1S/C25H25F3N4O3/c1-14-8-9-18(30-23(33)16-6-5-7-17(12-16)25(26,27)28)13-20(14)21-11-10-19(22(31-21)32-29)15(2)24(34-3)35-4/h5-13,24H,2,29H2,1,3-4H3,(H,30,33)(H,31,32). The number of amides is 1. The van der Waals surface area contributed by atoms with E-state index in [9.17, 15) is 18.0 Å². The number of aryl methyl sites for hydroxylation is 1. The van der Waals surface area contributed by atoms with Gasteiger partial charge in [0.2, 0.25) is 0 Å². The van der Waals surface area contributed by atoms with Gasteiger partial charge >= 0.3 is 6.18 Å². The molecule has 7 nitrogen and oxygen atoms in total. The topological polar surface area (TPSA) is 98.5 Å². The van der Waals surface area contributed by atoms with E-state index in [4.69, 9.17) is 15.3 Å². The first-order valence-corrected chi connectivity index (χ1v) is 10.4. The number of carbonyl (C=O) groups is 1. The highest BCUT2D eigenvalue weighted by Crippen LogP contribution is 2.32. The molecule has 4 N–H and O–H groups in total. The lowest BCUT2D eigenvalue weighted by Gasteiger charge is -2.19. The Bertz CT molecular complexity index is 1240. The van der Waals surface area contributed by atoms with Crippen LogP contribution in [0.25, 0.3) is 16.8 Å². The molecule has 0 radical (unpaired) electrons. The molecule has 0 saturated carbocycles. The van der Waals surface area contributed by atoms with E-state index >= 15 is 0 Å². The molecule has 184 valence electrons. The first kappa shape index (κ1) is 25.9. The lowest BCUT2D eigenvalue weighted by atomic mass is 10.0. The number of halogens is 3. The molecular formula is C25H25F3N4O3. The van der Waals surface area contributed by atoms with Crippen LogP contribution in [0.3, 0.4) is 0 Å². The van der Waals surface area contributed by atoms with Gasteiger partial charge < -0.3 is 20.2 Å². The molecule has 10 heteroatoms. The summed E-state index contributed by atoms with van der Waals surface area (Å²) in [6, 6.07) is 12.9. The normalized spacial score (nSPS) is 11.4. The lowest BCUT2D eigenvalue weighted by molar-refractivity contribution is -0.137. The lowest BCUT2D eigenvalue weighted by Crippen LogP contribution is -2.18. The highest BCUT2D eigenvalue weighted by Gasteiger charge is 2.31. The van der Waals surface area contributed by atoms with Crippen LogP contribution in [0, 0.1) is 6.92 Å². The molecule has 0 aliphatic carbocycles. The third kappa shape index (κ3) is 5.86. The van der Waals surface area contributed by atoms with Gasteiger partial charge in [0, 0.05) is 42.2 Å². The van der Waals surface area contributed by atoms with Crippen LogP contribution in [0.15, 0.2) is 61.2 Å². The SMILES string of the molecule is C=C(c1ccc(-c2cc(NC(=O)c3cccc(C(F)(F)F)c3)ccc2C)nc1NN)C(OC)OC. The summed E-state index contributed by atoms with van der Waals surface area (Å²) in [5, 5.41) is 2.64. The van der Waals surface area contributed by atoms with Crippen molar-refractivity contribution >= 4 is 23.0 Å². The quantitative estimate of drug-likeness (QED) is 0.229. The number of methoxy groups -OCH3 is 2. The average Bonchev–Trinajstić information content (AvgIpc) is 2.85. The minimum Gasteiger partial charge on any atom is -0.352 e. The predicted molar refractivity (Wildman–Crippen MR) is 128 cm³/mol. The van der Waals surface area contributed by atoms with Crippen LogP contribution in [0.4, 0.5) is 24.7 Å². The van der Waals surface area contributed by atoms with Gasteiger partial charge in [0.25, 0.3) is 5.91 Å². The van der Waals surface area contributed by atoms with Crippen molar-refractivity contribution in [1.82, 2.24) is 4.98 Å². The number of nitrogens with zero attached hydrogens (tertiary/aromatic N) is 1. The Kier molecular flexibility index (Phi) is 7.90. The Balaban J connectivity index is 1.91. The highest BCUT2D eigenvalue weighted by atomic mass is 19.4. The van der Waals surface area contributed by atoms with Crippen molar-refractivity contribution in [1.29, 1.82) is 0 Å². The van der Waals surface area contributed by atoms with E-state index < -0.39 is 23.9 Å². The van der Waals surface area contributed by atoms with Crippen LogP contribution >= 0.6 is 0 Å². The molecule has 0 atom stereocenters. The molecule has 3 rings (SSSR count). The molecule has 1 heterocycles. The van der Waals surface area contributed by atoms with Crippen LogP contribution in [0.2, 0.25) is 0 Å². The number of ether oxygens (including phenoxy) is 2. The molecule has 0 unspecified atom stereocenters. The van der Waals surface area contributed by atoms with E-state index in [2.05, 4.69) is 22.3 Å². The van der Waals surface area contributed by atoms with Crippen LogP contribution < -0.4 is 16.6 Å². The Hall–Kier alpha value is -3.73. The van der Waals surface area contributed by atoms with Crippen molar-refractivity contribution in [2.24, 2.45) is 5.84 Å². The van der Waals surface area contributed by atoms with E-state index in [0.29, 0.717) is 33.9 Å². The molecule has 35 heavy (non-hydrogen) atoms. The van der Waals surface area contributed by atoms with Crippen molar-refractivity contribution in [3.8, 4) is 11.3 Å². The molecule has 0 aliphatic heterocycles. The number of rotatable bonds is 8. The maximum atomic E-state index is 13.0. The molecule has 0 saturated heterocycles. The third-order valence-corrected chi connectivity index (χ3v) is 5.31. The fourth-order valence-corrected chi connectivity index (χ4v) is 3.50. The summed E-state index contributed by atoms with van der Waals surface area (Å²) in [5.41, 5.74) is 5.14. The van der Waals surface area contributed by atoms with Gasteiger partial charge in [-0.15, -0.1) is 0 Å². The van der Waals surface area contributed by atoms with Crippen molar-refractivity contribution in [3.63, 3.8) is 0 Å². The monoisotopic (exact) mass is 486 g/mol. The summed E-state index contributed by atoms with van der Waals surface area (Å²) in [7, 11) is 2.97. The molecule has 2 aromatic carbocycles. The van der Waals surface area contributed by atoms with Gasteiger partial charge in [0.1, 0.15) is 5.82 Å². The third-order valence-electron chi connectivity index (χ3n) is 5.31. The Morgan fingerprint density at radius 1 is 1.09 bits per heavy atom. The Morgan fingerprint density at radius 2 is 1.80 bits per heavy atom. The Morgan fingerprint density at radius 3 is 2.43 bits per heavy atom. The zero-order valence-corrected chi connectivity index (χ0v) is 19.4. The second kappa shape index (κ2) is 10.7. The molecule has 0 bridgehead atoms. The average molecular weight is 486 g/mol. The van der Waals surface area contributed by atoms with Gasteiger partial charge in [-0.3, -0.25) is 4.79 Å². The van der Waals surface area contributed by atoms with Gasteiger partial charge in [-0.1, -0.05) is 18.7 Å². The van der Waals surface area contributed by atoms with Crippen LogP contribution in [-0.4, -0.2) is 31.4 Å². The number of benzene rings is 2. The van der Waals surface area contributed by atoms with Crippen molar-refractivity contribution < 1.29 is 27.4 Å². The van der Waals surface area contributed by atoms with E-state index in [0.717, 1.165) is 17.7 Å². The molecule has 1 amide bonds. The van der Waals surface area contributed by atoms with Gasteiger partial charge in [-0.05, 0) is 55.0 Å². The zero-order valence-electron chi connectivity index (χ0n) is 19.4.